The van der Waals surface area contributed by atoms with Crippen molar-refractivity contribution in [1.29, 1.82) is 0 Å². The van der Waals surface area contributed by atoms with E-state index in [-0.39, 0.29) is 11.8 Å². The van der Waals surface area contributed by atoms with Gasteiger partial charge in [0.2, 0.25) is 5.91 Å². The average molecular weight is 470 g/mol. The number of carbonyl (C=O) groups excluding carboxylic acids is 1. The molecule has 4 aromatic rings. The highest BCUT2D eigenvalue weighted by Gasteiger charge is 2.26. The SMILES string of the molecule is Cc1cccc(-c2nnc3ccc(N4CCC(C(=O)NCc5ccc(N(C)C)cc5)CC4)nn23)c1. The maximum Gasteiger partial charge on any atom is 0.223 e. The molecule has 8 nitrogen and oxygen atoms in total. The highest BCUT2D eigenvalue weighted by atomic mass is 16.1. The number of nitrogens with one attached hydrogen (secondary N) is 1. The van der Waals surface area contributed by atoms with E-state index >= 15 is 0 Å². The van der Waals surface area contributed by atoms with E-state index in [9.17, 15) is 4.79 Å². The maximum absolute atomic E-state index is 12.8. The molecule has 0 unspecified atom stereocenters. The van der Waals surface area contributed by atoms with Crippen molar-refractivity contribution in [3.8, 4) is 11.4 Å². The van der Waals surface area contributed by atoms with Gasteiger partial charge < -0.3 is 15.1 Å². The molecule has 0 atom stereocenters. The van der Waals surface area contributed by atoms with Crippen LogP contribution in [0.3, 0.4) is 0 Å². The first kappa shape index (κ1) is 22.8. The molecule has 0 spiro atoms. The Kier molecular flexibility index (Phi) is 6.35. The number of hydrogen-bond donors (Lipinski definition) is 1. The van der Waals surface area contributed by atoms with Gasteiger partial charge in [0.05, 0.1) is 0 Å². The quantitative estimate of drug-likeness (QED) is 0.464. The van der Waals surface area contributed by atoms with Crippen LogP contribution in [0.2, 0.25) is 0 Å². The number of aryl methyl sites for hydroxylation is 1. The Balaban J connectivity index is 1.21. The van der Waals surface area contributed by atoms with Crippen LogP contribution in [0.1, 0.15) is 24.0 Å². The van der Waals surface area contributed by atoms with Crippen LogP contribution in [-0.2, 0) is 11.3 Å². The number of fused-ring (bicyclic) bond motifs is 1. The van der Waals surface area contributed by atoms with Crippen LogP contribution in [-0.4, -0.2) is 52.9 Å². The van der Waals surface area contributed by atoms with Crippen LogP contribution in [0.15, 0.2) is 60.7 Å². The number of nitrogens with zero attached hydrogens (tertiary/aromatic N) is 6. The van der Waals surface area contributed by atoms with Gasteiger partial charge in [0.1, 0.15) is 5.82 Å². The van der Waals surface area contributed by atoms with Gasteiger partial charge >= 0.3 is 0 Å². The number of rotatable bonds is 6. The molecule has 8 heteroatoms. The molecule has 180 valence electrons. The largest absolute Gasteiger partial charge is 0.378 e. The molecule has 0 aliphatic carbocycles. The molecule has 0 radical (unpaired) electrons. The molecule has 1 fully saturated rings. The predicted octanol–water partition coefficient (Wildman–Crippen LogP) is 3.70. The number of aromatic nitrogens is 4. The molecule has 2 aromatic carbocycles. The highest BCUT2D eigenvalue weighted by molar-refractivity contribution is 5.79. The van der Waals surface area contributed by atoms with Gasteiger partial charge in [0, 0.05) is 50.9 Å². The zero-order valence-electron chi connectivity index (χ0n) is 20.5. The molecule has 1 saturated heterocycles. The Morgan fingerprint density at radius 1 is 1.03 bits per heavy atom. The van der Waals surface area contributed by atoms with Gasteiger partial charge in [-0.3, -0.25) is 4.79 Å². The van der Waals surface area contributed by atoms with Crippen molar-refractivity contribution in [2.24, 2.45) is 5.92 Å². The number of amides is 1. The molecule has 2 aromatic heterocycles. The maximum atomic E-state index is 12.8. The second kappa shape index (κ2) is 9.74. The van der Waals surface area contributed by atoms with E-state index in [1.54, 1.807) is 0 Å². The lowest BCUT2D eigenvalue weighted by atomic mass is 9.96. The third kappa shape index (κ3) is 4.96. The normalized spacial score (nSPS) is 14.3. The van der Waals surface area contributed by atoms with E-state index in [0.717, 1.165) is 60.0 Å². The summed E-state index contributed by atoms with van der Waals surface area (Å²) in [6.45, 7) is 4.19. The first-order valence-electron chi connectivity index (χ1n) is 12.1. The second-order valence-electron chi connectivity index (χ2n) is 9.39. The summed E-state index contributed by atoms with van der Waals surface area (Å²) in [7, 11) is 4.04. The average Bonchev–Trinajstić information content (AvgIpc) is 3.31. The Morgan fingerprint density at radius 2 is 1.80 bits per heavy atom. The van der Waals surface area contributed by atoms with E-state index < -0.39 is 0 Å². The standard InChI is InChI=1S/C27H31N7O/c1-19-5-4-6-22(17-19)26-30-29-24-11-12-25(31-34(24)26)33-15-13-21(14-16-33)27(35)28-18-20-7-9-23(10-8-20)32(2)3/h4-12,17,21H,13-16,18H2,1-3H3,(H,28,35). The summed E-state index contributed by atoms with van der Waals surface area (Å²) in [6.07, 6.45) is 1.61. The fourth-order valence-corrected chi connectivity index (χ4v) is 4.53. The van der Waals surface area contributed by atoms with Crippen molar-refractivity contribution in [3.05, 3.63) is 71.8 Å². The van der Waals surface area contributed by atoms with Crippen molar-refractivity contribution in [3.63, 3.8) is 0 Å². The molecule has 1 aliphatic heterocycles. The molecule has 35 heavy (non-hydrogen) atoms. The second-order valence-corrected chi connectivity index (χ2v) is 9.39. The number of hydrogen-bond acceptors (Lipinski definition) is 6. The van der Waals surface area contributed by atoms with Crippen molar-refractivity contribution >= 4 is 23.1 Å². The molecule has 1 N–H and O–H groups in total. The van der Waals surface area contributed by atoms with E-state index in [4.69, 9.17) is 5.10 Å². The van der Waals surface area contributed by atoms with Crippen LogP contribution >= 0.6 is 0 Å². The summed E-state index contributed by atoms with van der Waals surface area (Å²) in [5.74, 6) is 1.77. The third-order valence-electron chi connectivity index (χ3n) is 6.63. The molecule has 3 heterocycles. The molecule has 0 bridgehead atoms. The summed E-state index contributed by atoms with van der Waals surface area (Å²) in [4.78, 5) is 17.1. The van der Waals surface area contributed by atoms with Crippen molar-refractivity contribution in [1.82, 2.24) is 25.1 Å². The lowest BCUT2D eigenvalue weighted by Crippen LogP contribution is -2.40. The van der Waals surface area contributed by atoms with E-state index in [0.29, 0.717) is 6.54 Å². The van der Waals surface area contributed by atoms with Crippen LogP contribution < -0.4 is 15.1 Å². The fourth-order valence-electron chi connectivity index (χ4n) is 4.53. The minimum absolute atomic E-state index is 0.0220. The van der Waals surface area contributed by atoms with Gasteiger partial charge in [0.15, 0.2) is 11.5 Å². The van der Waals surface area contributed by atoms with E-state index in [2.05, 4.69) is 68.6 Å². The van der Waals surface area contributed by atoms with Crippen LogP contribution in [0.25, 0.3) is 17.0 Å². The van der Waals surface area contributed by atoms with E-state index in [1.807, 2.05) is 42.9 Å². The lowest BCUT2D eigenvalue weighted by molar-refractivity contribution is -0.125. The Bertz CT molecular complexity index is 1320. The van der Waals surface area contributed by atoms with Crippen LogP contribution in [0, 0.1) is 12.8 Å². The summed E-state index contributed by atoms with van der Waals surface area (Å²) < 4.78 is 1.81. The van der Waals surface area contributed by atoms with Gasteiger partial charge in [-0.15, -0.1) is 15.3 Å². The van der Waals surface area contributed by atoms with E-state index in [1.165, 1.54) is 5.56 Å². The minimum Gasteiger partial charge on any atom is -0.378 e. The third-order valence-corrected chi connectivity index (χ3v) is 6.63. The summed E-state index contributed by atoms with van der Waals surface area (Å²) in [5.41, 5.74) is 5.14. The Morgan fingerprint density at radius 3 is 2.51 bits per heavy atom. The Labute approximate surface area is 205 Å². The summed E-state index contributed by atoms with van der Waals surface area (Å²) >= 11 is 0. The molecule has 0 saturated carbocycles. The summed E-state index contributed by atoms with van der Waals surface area (Å²) in [6, 6.07) is 20.4. The molecular formula is C27H31N7O. The molecule has 1 amide bonds. The van der Waals surface area contributed by atoms with Gasteiger partial charge in [-0.2, -0.15) is 4.52 Å². The van der Waals surface area contributed by atoms with Crippen LogP contribution in [0.4, 0.5) is 11.5 Å². The molecule has 1 aliphatic rings. The van der Waals surface area contributed by atoms with Gasteiger partial charge in [0.25, 0.3) is 0 Å². The fraction of sp³-hybridized carbons (Fsp3) is 0.333. The molecular weight excluding hydrogens is 438 g/mol. The zero-order chi connectivity index (χ0) is 24.4. The number of piperidine rings is 1. The van der Waals surface area contributed by atoms with Crippen molar-refractivity contribution < 1.29 is 4.79 Å². The van der Waals surface area contributed by atoms with Gasteiger partial charge in [-0.05, 0) is 55.7 Å². The van der Waals surface area contributed by atoms with Gasteiger partial charge in [-0.1, -0.05) is 35.9 Å². The molecule has 5 rings (SSSR count). The monoisotopic (exact) mass is 469 g/mol. The number of carbonyl (C=O) groups is 1. The number of benzene rings is 2. The minimum atomic E-state index is 0.0220. The number of anilines is 2. The zero-order valence-corrected chi connectivity index (χ0v) is 20.5. The van der Waals surface area contributed by atoms with Crippen molar-refractivity contribution in [2.45, 2.75) is 26.3 Å². The topological polar surface area (TPSA) is 78.7 Å². The Hall–Kier alpha value is -3.94. The lowest BCUT2D eigenvalue weighted by Gasteiger charge is -2.32. The first-order valence-corrected chi connectivity index (χ1v) is 12.1. The van der Waals surface area contributed by atoms with Crippen LogP contribution in [0.5, 0.6) is 0 Å². The predicted molar refractivity (Wildman–Crippen MR) is 139 cm³/mol. The van der Waals surface area contributed by atoms with Gasteiger partial charge in [-0.25, -0.2) is 0 Å². The van der Waals surface area contributed by atoms with Crippen molar-refractivity contribution in [2.75, 3.05) is 37.0 Å². The smallest absolute Gasteiger partial charge is 0.223 e. The highest BCUT2D eigenvalue weighted by Crippen LogP contribution is 2.24. The summed E-state index contributed by atoms with van der Waals surface area (Å²) in [5, 5.41) is 16.6. The first-order chi connectivity index (χ1) is 17.0.